The largest absolute Gasteiger partial charge is 0.504 e. The molecule has 1 aromatic carbocycles. The molecule has 0 aliphatic carbocycles. The lowest BCUT2D eigenvalue weighted by atomic mass is 10.1. The van der Waals surface area contributed by atoms with Crippen molar-refractivity contribution in [2.75, 3.05) is 6.54 Å². The van der Waals surface area contributed by atoms with Gasteiger partial charge in [0.2, 0.25) is 0 Å². The summed E-state index contributed by atoms with van der Waals surface area (Å²) in [6.45, 7) is 10.2. The second kappa shape index (κ2) is 7.63. The first kappa shape index (κ1) is 20.6. The predicted molar refractivity (Wildman–Crippen MR) is 92.6 cm³/mol. The molecule has 0 heterocycles. The summed E-state index contributed by atoms with van der Waals surface area (Å²) < 4.78 is 10.5. The number of amides is 2. The van der Waals surface area contributed by atoms with Gasteiger partial charge in [-0.15, -0.1) is 0 Å². The topological polar surface area (TPSA) is 96.3 Å². The highest BCUT2D eigenvalue weighted by Gasteiger charge is 2.30. The van der Waals surface area contributed by atoms with Crippen LogP contribution in [0.15, 0.2) is 18.2 Å². The third-order valence-corrected chi connectivity index (χ3v) is 2.89. The molecule has 2 N–H and O–H groups in total. The Morgan fingerprint density at radius 3 is 1.80 bits per heavy atom. The van der Waals surface area contributed by atoms with Crippen LogP contribution < -0.4 is 0 Å². The minimum Gasteiger partial charge on any atom is -0.504 e. The lowest BCUT2D eigenvalue weighted by Crippen LogP contribution is -2.44. The Labute approximate surface area is 148 Å². The van der Waals surface area contributed by atoms with Crippen molar-refractivity contribution in [3.05, 3.63) is 23.8 Å². The van der Waals surface area contributed by atoms with E-state index in [9.17, 15) is 19.8 Å². The molecule has 0 saturated carbocycles. The van der Waals surface area contributed by atoms with Crippen molar-refractivity contribution >= 4 is 12.2 Å². The molecular weight excluding hydrogens is 326 g/mol. The van der Waals surface area contributed by atoms with Gasteiger partial charge in [0.25, 0.3) is 0 Å². The summed E-state index contributed by atoms with van der Waals surface area (Å²) in [4.78, 5) is 25.6. The monoisotopic (exact) mass is 353 g/mol. The highest BCUT2D eigenvalue weighted by molar-refractivity contribution is 5.88. The van der Waals surface area contributed by atoms with Crippen molar-refractivity contribution in [3.8, 4) is 11.5 Å². The zero-order valence-electron chi connectivity index (χ0n) is 15.6. The van der Waals surface area contributed by atoms with Gasteiger partial charge in [-0.1, -0.05) is 6.07 Å². The van der Waals surface area contributed by atoms with Crippen LogP contribution >= 0.6 is 0 Å². The Bertz CT molecular complexity index is 599. The average Bonchev–Trinajstić information content (AvgIpc) is 2.38. The highest BCUT2D eigenvalue weighted by Crippen LogP contribution is 2.25. The number of nitrogens with zero attached hydrogens (tertiary/aromatic N) is 1. The fourth-order valence-corrected chi connectivity index (χ4v) is 1.86. The van der Waals surface area contributed by atoms with E-state index in [4.69, 9.17) is 9.47 Å². The van der Waals surface area contributed by atoms with Crippen molar-refractivity contribution in [2.45, 2.75) is 59.2 Å². The first-order valence-electron chi connectivity index (χ1n) is 8.03. The van der Waals surface area contributed by atoms with E-state index in [2.05, 4.69) is 0 Å². The molecule has 25 heavy (non-hydrogen) atoms. The number of phenolic OH excluding ortho intramolecular Hbond substituents is 2. The number of hydrogen-bond donors (Lipinski definition) is 2. The van der Waals surface area contributed by atoms with Crippen LogP contribution in [0.5, 0.6) is 11.5 Å². The lowest BCUT2D eigenvalue weighted by Gasteiger charge is -2.28. The molecule has 0 aromatic heterocycles. The molecule has 0 spiro atoms. The molecule has 1 aromatic rings. The number of imide groups is 1. The highest BCUT2D eigenvalue weighted by atomic mass is 16.6. The van der Waals surface area contributed by atoms with E-state index >= 15 is 0 Å². The number of benzene rings is 1. The Kier molecular flexibility index (Phi) is 6.29. The van der Waals surface area contributed by atoms with Crippen molar-refractivity contribution in [3.63, 3.8) is 0 Å². The van der Waals surface area contributed by atoms with E-state index in [1.807, 2.05) is 0 Å². The smallest absolute Gasteiger partial charge is 0.419 e. The summed E-state index contributed by atoms with van der Waals surface area (Å²) in [6.07, 6.45) is -1.33. The van der Waals surface area contributed by atoms with Gasteiger partial charge < -0.3 is 19.7 Å². The van der Waals surface area contributed by atoms with Crippen LogP contribution in [0.2, 0.25) is 0 Å². The van der Waals surface area contributed by atoms with E-state index < -0.39 is 23.4 Å². The molecule has 0 saturated heterocycles. The van der Waals surface area contributed by atoms with Gasteiger partial charge in [-0.3, -0.25) is 0 Å². The van der Waals surface area contributed by atoms with Crippen molar-refractivity contribution in [2.24, 2.45) is 0 Å². The van der Waals surface area contributed by atoms with Gasteiger partial charge in [-0.25, -0.2) is 14.5 Å². The predicted octanol–water partition coefficient (Wildman–Crippen LogP) is 3.81. The maximum atomic E-state index is 12.3. The molecule has 0 aliphatic heterocycles. The number of hydrogen-bond acceptors (Lipinski definition) is 6. The Morgan fingerprint density at radius 1 is 0.920 bits per heavy atom. The van der Waals surface area contributed by atoms with E-state index in [1.54, 1.807) is 47.6 Å². The number of aromatic hydroxyl groups is 2. The number of carbonyl (C=O) groups excluding carboxylic acids is 2. The van der Waals surface area contributed by atoms with Crippen LogP contribution in [0.3, 0.4) is 0 Å². The summed E-state index contributed by atoms with van der Waals surface area (Å²) in [7, 11) is 0. The molecule has 0 aliphatic rings. The second-order valence-corrected chi connectivity index (χ2v) is 7.69. The van der Waals surface area contributed by atoms with Crippen molar-refractivity contribution in [1.82, 2.24) is 4.90 Å². The molecule has 0 radical (unpaired) electrons. The molecule has 0 atom stereocenters. The zero-order valence-corrected chi connectivity index (χ0v) is 15.6. The molecule has 0 fully saturated rings. The number of carbonyl (C=O) groups is 2. The molecule has 0 unspecified atom stereocenters. The molecule has 7 heteroatoms. The summed E-state index contributed by atoms with van der Waals surface area (Å²) >= 11 is 0. The van der Waals surface area contributed by atoms with Crippen molar-refractivity contribution in [1.29, 1.82) is 0 Å². The van der Waals surface area contributed by atoms with Crippen LogP contribution in [0.1, 0.15) is 47.1 Å². The minimum absolute atomic E-state index is 0.00798. The third kappa shape index (κ3) is 7.32. The molecule has 1 rings (SSSR count). The molecule has 0 bridgehead atoms. The Morgan fingerprint density at radius 2 is 1.40 bits per heavy atom. The summed E-state index contributed by atoms with van der Waals surface area (Å²) in [5.74, 6) is -0.501. The number of ether oxygens (including phenoxy) is 2. The zero-order chi connectivity index (χ0) is 19.4. The van der Waals surface area contributed by atoms with Crippen LogP contribution in [0.25, 0.3) is 0 Å². The second-order valence-electron chi connectivity index (χ2n) is 7.69. The third-order valence-electron chi connectivity index (χ3n) is 2.89. The Hall–Kier alpha value is -2.44. The van der Waals surface area contributed by atoms with Gasteiger partial charge in [0.1, 0.15) is 11.2 Å². The van der Waals surface area contributed by atoms with E-state index in [-0.39, 0.29) is 24.5 Å². The first-order valence-corrected chi connectivity index (χ1v) is 8.03. The Balaban J connectivity index is 2.91. The molecule has 140 valence electrons. The van der Waals surface area contributed by atoms with Crippen LogP contribution in [-0.2, 0) is 15.9 Å². The standard InChI is InChI=1S/C18H27NO6/c1-17(2,3)24-15(22)19(16(23)25-18(4,5)6)10-9-12-7-8-13(20)14(21)11-12/h7-8,11,20-21H,9-10H2,1-6H3. The number of rotatable bonds is 3. The van der Waals surface area contributed by atoms with Gasteiger partial charge >= 0.3 is 12.2 Å². The van der Waals surface area contributed by atoms with Gasteiger partial charge in [-0.05, 0) is 65.7 Å². The lowest BCUT2D eigenvalue weighted by molar-refractivity contribution is 0.00171. The van der Waals surface area contributed by atoms with Crippen molar-refractivity contribution < 1.29 is 29.3 Å². The average molecular weight is 353 g/mol. The minimum atomic E-state index is -0.801. The van der Waals surface area contributed by atoms with Gasteiger partial charge in [0.05, 0.1) is 0 Å². The van der Waals surface area contributed by atoms with Crippen LogP contribution in [0.4, 0.5) is 9.59 Å². The first-order chi connectivity index (χ1) is 11.3. The summed E-state index contributed by atoms with van der Waals surface area (Å²) in [6, 6.07) is 4.31. The van der Waals surface area contributed by atoms with E-state index in [1.165, 1.54) is 12.1 Å². The maximum absolute atomic E-state index is 12.3. The maximum Gasteiger partial charge on any atom is 0.419 e. The normalized spacial score (nSPS) is 11.8. The van der Waals surface area contributed by atoms with E-state index in [0.29, 0.717) is 5.56 Å². The fraction of sp³-hybridized carbons (Fsp3) is 0.556. The molecule has 2 amide bonds. The summed E-state index contributed by atoms with van der Waals surface area (Å²) in [5.41, 5.74) is -0.866. The SMILES string of the molecule is CC(C)(C)OC(=O)N(CCc1ccc(O)c(O)c1)C(=O)OC(C)(C)C. The summed E-state index contributed by atoms with van der Waals surface area (Å²) in [5, 5.41) is 18.9. The molecular formula is C18H27NO6. The molecule has 7 nitrogen and oxygen atoms in total. The van der Waals surface area contributed by atoms with Crippen LogP contribution in [0, 0.1) is 0 Å². The fourth-order valence-electron chi connectivity index (χ4n) is 1.86. The van der Waals surface area contributed by atoms with E-state index in [0.717, 1.165) is 4.90 Å². The van der Waals surface area contributed by atoms with Gasteiger partial charge in [0, 0.05) is 6.54 Å². The van der Waals surface area contributed by atoms with Gasteiger partial charge in [-0.2, -0.15) is 0 Å². The number of phenols is 2. The van der Waals surface area contributed by atoms with Gasteiger partial charge in [0.15, 0.2) is 11.5 Å². The van der Waals surface area contributed by atoms with Crippen LogP contribution in [-0.4, -0.2) is 45.0 Å². The quantitative estimate of drug-likeness (QED) is 0.802.